The van der Waals surface area contributed by atoms with Crippen molar-refractivity contribution in [1.29, 1.82) is 0 Å². The number of piperidine rings is 1. The summed E-state index contributed by atoms with van der Waals surface area (Å²) in [6, 6.07) is 0.620. The molecular weight excluding hydrogens is 252 g/mol. The molecule has 1 heterocycles. The topological polar surface area (TPSA) is 44.7 Å². The van der Waals surface area contributed by atoms with E-state index in [9.17, 15) is 5.11 Å². The molecule has 3 atom stereocenters. The van der Waals surface area contributed by atoms with Crippen molar-refractivity contribution in [3.8, 4) is 0 Å². The van der Waals surface area contributed by atoms with Crippen molar-refractivity contribution in [1.82, 2.24) is 10.2 Å². The lowest BCUT2D eigenvalue weighted by atomic mass is 9.97. The van der Waals surface area contributed by atoms with E-state index in [1.165, 1.54) is 25.8 Å². The van der Waals surface area contributed by atoms with Crippen LogP contribution in [0.5, 0.6) is 0 Å². The first-order chi connectivity index (χ1) is 9.73. The fourth-order valence-corrected chi connectivity index (χ4v) is 3.83. The Labute approximate surface area is 123 Å². The molecule has 20 heavy (non-hydrogen) atoms. The lowest BCUT2D eigenvalue weighted by molar-refractivity contribution is -0.00803. The van der Waals surface area contributed by atoms with Crippen LogP contribution in [0.3, 0.4) is 0 Å². The molecule has 0 radical (unpaired) electrons. The highest BCUT2D eigenvalue weighted by Crippen LogP contribution is 2.34. The Morgan fingerprint density at radius 2 is 2.20 bits per heavy atom. The first-order valence-corrected chi connectivity index (χ1v) is 8.44. The van der Waals surface area contributed by atoms with Gasteiger partial charge in [0.2, 0.25) is 0 Å². The molecule has 0 amide bonds. The molecular formula is C16H32N2O2. The summed E-state index contributed by atoms with van der Waals surface area (Å²) in [6.45, 7) is 8.64. The number of nitrogens with zero attached hydrogens (tertiary/aromatic N) is 1. The minimum absolute atomic E-state index is 0.0285. The van der Waals surface area contributed by atoms with E-state index in [1.807, 2.05) is 0 Å². The van der Waals surface area contributed by atoms with Gasteiger partial charge in [-0.25, -0.2) is 0 Å². The Balaban J connectivity index is 1.87. The van der Waals surface area contributed by atoms with E-state index < -0.39 is 0 Å². The first-order valence-electron chi connectivity index (χ1n) is 8.44. The molecule has 2 rings (SSSR count). The maximum atomic E-state index is 9.79. The Bertz CT molecular complexity index is 286. The third-order valence-electron chi connectivity index (χ3n) is 4.96. The zero-order valence-electron chi connectivity index (χ0n) is 13.2. The average Bonchev–Trinajstić information content (AvgIpc) is 2.91. The highest BCUT2D eigenvalue weighted by molar-refractivity contribution is 5.00. The van der Waals surface area contributed by atoms with E-state index in [0.717, 1.165) is 39.0 Å². The maximum Gasteiger partial charge on any atom is 0.0702 e. The SMILES string of the molecule is CCCNC1(CO)CCC(N2CCCC(OCC)C2)C1. The standard InChI is InChI=1S/C16H32N2O2/c1-3-9-17-16(13-19)8-7-14(11-16)18-10-5-6-15(12-18)20-4-2/h14-15,17,19H,3-13H2,1-2H3. The lowest BCUT2D eigenvalue weighted by Gasteiger charge is -2.37. The van der Waals surface area contributed by atoms with Crippen molar-refractivity contribution in [3.05, 3.63) is 0 Å². The van der Waals surface area contributed by atoms with Crippen molar-refractivity contribution in [2.24, 2.45) is 0 Å². The molecule has 4 heteroatoms. The summed E-state index contributed by atoms with van der Waals surface area (Å²) in [7, 11) is 0. The number of ether oxygens (including phenoxy) is 1. The van der Waals surface area contributed by atoms with E-state index >= 15 is 0 Å². The Morgan fingerprint density at radius 3 is 2.90 bits per heavy atom. The summed E-state index contributed by atoms with van der Waals surface area (Å²) in [4.78, 5) is 2.61. The first kappa shape index (κ1) is 16.2. The molecule has 0 aromatic carbocycles. The van der Waals surface area contributed by atoms with E-state index in [0.29, 0.717) is 12.1 Å². The summed E-state index contributed by atoms with van der Waals surface area (Å²) in [5, 5.41) is 13.4. The number of rotatable bonds is 7. The summed E-state index contributed by atoms with van der Waals surface area (Å²) in [5.74, 6) is 0. The van der Waals surface area contributed by atoms with Gasteiger partial charge in [0.05, 0.1) is 12.7 Å². The minimum atomic E-state index is -0.0285. The lowest BCUT2D eigenvalue weighted by Crippen LogP contribution is -2.50. The van der Waals surface area contributed by atoms with Crippen LogP contribution >= 0.6 is 0 Å². The molecule has 0 spiro atoms. The summed E-state index contributed by atoms with van der Waals surface area (Å²) >= 11 is 0. The smallest absolute Gasteiger partial charge is 0.0702 e. The number of nitrogens with one attached hydrogen (secondary N) is 1. The Kier molecular flexibility index (Phi) is 6.27. The fraction of sp³-hybridized carbons (Fsp3) is 1.00. The van der Waals surface area contributed by atoms with Crippen molar-refractivity contribution in [2.45, 2.75) is 70.1 Å². The van der Waals surface area contributed by atoms with E-state index in [1.54, 1.807) is 0 Å². The second-order valence-corrected chi connectivity index (χ2v) is 6.48. The Morgan fingerprint density at radius 1 is 1.35 bits per heavy atom. The monoisotopic (exact) mass is 284 g/mol. The van der Waals surface area contributed by atoms with Gasteiger partial charge in [-0.05, 0) is 58.5 Å². The zero-order valence-corrected chi connectivity index (χ0v) is 13.2. The van der Waals surface area contributed by atoms with Crippen molar-refractivity contribution in [2.75, 3.05) is 32.8 Å². The van der Waals surface area contributed by atoms with Crippen molar-refractivity contribution < 1.29 is 9.84 Å². The van der Waals surface area contributed by atoms with Gasteiger partial charge in [-0.3, -0.25) is 4.90 Å². The third kappa shape index (κ3) is 3.94. The van der Waals surface area contributed by atoms with Crippen LogP contribution in [0.15, 0.2) is 0 Å². The molecule has 2 aliphatic rings. The molecule has 0 aromatic heterocycles. The van der Waals surface area contributed by atoms with Crippen LogP contribution in [0.2, 0.25) is 0 Å². The van der Waals surface area contributed by atoms with Crippen LogP contribution in [-0.2, 0) is 4.74 Å². The summed E-state index contributed by atoms with van der Waals surface area (Å²) in [5.41, 5.74) is -0.0285. The van der Waals surface area contributed by atoms with E-state index in [2.05, 4.69) is 24.1 Å². The number of likely N-dealkylation sites (tertiary alicyclic amines) is 1. The largest absolute Gasteiger partial charge is 0.394 e. The molecule has 2 N–H and O–H groups in total. The van der Waals surface area contributed by atoms with Crippen LogP contribution in [0.1, 0.15) is 52.4 Å². The zero-order chi connectivity index (χ0) is 14.4. The highest BCUT2D eigenvalue weighted by atomic mass is 16.5. The van der Waals surface area contributed by atoms with Gasteiger partial charge < -0.3 is 15.2 Å². The van der Waals surface area contributed by atoms with Gasteiger partial charge in [-0.15, -0.1) is 0 Å². The summed E-state index contributed by atoms with van der Waals surface area (Å²) in [6.07, 6.45) is 7.39. The van der Waals surface area contributed by atoms with Gasteiger partial charge in [0.25, 0.3) is 0 Å². The van der Waals surface area contributed by atoms with Gasteiger partial charge in [-0.2, -0.15) is 0 Å². The van der Waals surface area contributed by atoms with E-state index in [-0.39, 0.29) is 12.1 Å². The highest BCUT2D eigenvalue weighted by Gasteiger charge is 2.41. The molecule has 1 aliphatic carbocycles. The van der Waals surface area contributed by atoms with Gasteiger partial charge in [0.15, 0.2) is 0 Å². The van der Waals surface area contributed by atoms with Gasteiger partial charge in [0, 0.05) is 24.7 Å². The molecule has 3 unspecified atom stereocenters. The normalized spacial score (nSPS) is 35.5. The predicted molar refractivity (Wildman–Crippen MR) is 82.0 cm³/mol. The minimum Gasteiger partial charge on any atom is -0.394 e. The van der Waals surface area contributed by atoms with Gasteiger partial charge in [-0.1, -0.05) is 6.92 Å². The molecule has 1 aliphatic heterocycles. The van der Waals surface area contributed by atoms with Gasteiger partial charge >= 0.3 is 0 Å². The fourth-order valence-electron chi connectivity index (χ4n) is 3.83. The van der Waals surface area contributed by atoms with Crippen LogP contribution in [0, 0.1) is 0 Å². The van der Waals surface area contributed by atoms with Crippen molar-refractivity contribution >= 4 is 0 Å². The predicted octanol–water partition coefficient (Wildman–Crippen LogP) is 1.77. The molecule has 2 fully saturated rings. The average molecular weight is 284 g/mol. The number of hydrogen-bond acceptors (Lipinski definition) is 4. The molecule has 0 aromatic rings. The molecule has 1 saturated carbocycles. The molecule has 4 nitrogen and oxygen atoms in total. The second kappa shape index (κ2) is 7.74. The second-order valence-electron chi connectivity index (χ2n) is 6.48. The van der Waals surface area contributed by atoms with Crippen LogP contribution in [-0.4, -0.2) is 60.5 Å². The summed E-state index contributed by atoms with van der Waals surface area (Å²) < 4.78 is 5.81. The molecule has 118 valence electrons. The number of hydrogen-bond donors (Lipinski definition) is 2. The number of aliphatic hydroxyl groups excluding tert-OH is 1. The van der Waals surface area contributed by atoms with E-state index in [4.69, 9.17) is 4.74 Å². The van der Waals surface area contributed by atoms with Crippen LogP contribution < -0.4 is 5.32 Å². The molecule has 1 saturated heterocycles. The third-order valence-corrected chi connectivity index (χ3v) is 4.96. The van der Waals surface area contributed by atoms with Crippen molar-refractivity contribution in [3.63, 3.8) is 0 Å². The quantitative estimate of drug-likeness (QED) is 0.748. The maximum absolute atomic E-state index is 9.79. The molecule has 0 bridgehead atoms. The van der Waals surface area contributed by atoms with Gasteiger partial charge in [0.1, 0.15) is 0 Å². The van der Waals surface area contributed by atoms with Crippen LogP contribution in [0.4, 0.5) is 0 Å². The number of aliphatic hydroxyl groups is 1. The Hall–Kier alpha value is -0.160. The van der Waals surface area contributed by atoms with Crippen LogP contribution in [0.25, 0.3) is 0 Å².